The highest BCUT2D eigenvalue weighted by Crippen LogP contribution is 2.18. The number of para-hydroxylation sites is 1. The van der Waals surface area contributed by atoms with Crippen LogP contribution in [0.15, 0.2) is 53.3 Å². The summed E-state index contributed by atoms with van der Waals surface area (Å²) in [6.45, 7) is 4.04. The van der Waals surface area contributed by atoms with Gasteiger partial charge in [0.2, 0.25) is 0 Å². The fourth-order valence-electron chi connectivity index (χ4n) is 3.35. The molecule has 4 rings (SSSR count). The van der Waals surface area contributed by atoms with Crippen molar-refractivity contribution in [1.29, 1.82) is 0 Å². The van der Waals surface area contributed by atoms with E-state index >= 15 is 0 Å². The monoisotopic (exact) mass is 374 g/mol. The first-order valence-corrected chi connectivity index (χ1v) is 9.55. The number of aryl methyl sites for hydroxylation is 2. The van der Waals surface area contributed by atoms with Crippen LogP contribution in [0.5, 0.6) is 0 Å². The molecule has 28 heavy (non-hydrogen) atoms. The molecule has 0 amide bonds. The summed E-state index contributed by atoms with van der Waals surface area (Å²) >= 11 is 0. The van der Waals surface area contributed by atoms with Gasteiger partial charge in [-0.15, -0.1) is 5.10 Å². The number of benzene rings is 2. The molecule has 0 aliphatic carbocycles. The molecule has 0 radical (unpaired) electrons. The van der Waals surface area contributed by atoms with Crippen molar-refractivity contribution in [3.63, 3.8) is 0 Å². The predicted molar refractivity (Wildman–Crippen MR) is 109 cm³/mol. The van der Waals surface area contributed by atoms with Crippen molar-refractivity contribution < 1.29 is 4.79 Å². The van der Waals surface area contributed by atoms with Crippen molar-refractivity contribution >= 4 is 22.3 Å². The second kappa shape index (κ2) is 7.38. The molecule has 0 saturated carbocycles. The molecule has 0 unspecified atom stereocenters. The van der Waals surface area contributed by atoms with Gasteiger partial charge in [0, 0.05) is 17.4 Å². The number of hydrogen-bond acceptors (Lipinski definition) is 4. The highest BCUT2D eigenvalue weighted by Gasteiger charge is 2.17. The first-order chi connectivity index (χ1) is 13.6. The lowest BCUT2D eigenvalue weighted by molar-refractivity contribution is 0.0971. The van der Waals surface area contributed by atoms with Crippen LogP contribution in [0.4, 0.5) is 0 Å². The number of Topliss-reactive ketones (excluding diaryl/α,β-unsaturated/α-hetero) is 1. The molecule has 0 fully saturated rings. The Kier molecular flexibility index (Phi) is 4.77. The molecule has 0 bridgehead atoms. The van der Waals surface area contributed by atoms with Crippen molar-refractivity contribution in [2.24, 2.45) is 0 Å². The summed E-state index contributed by atoms with van der Waals surface area (Å²) in [5.74, 6) is 0.546. The molecular weight excluding hydrogens is 352 g/mol. The van der Waals surface area contributed by atoms with E-state index in [9.17, 15) is 9.59 Å². The molecule has 0 N–H and O–H groups in total. The Morgan fingerprint density at radius 3 is 2.57 bits per heavy atom. The van der Waals surface area contributed by atoms with Gasteiger partial charge in [0.05, 0.1) is 12.1 Å². The Bertz CT molecular complexity index is 1220. The second-order valence-corrected chi connectivity index (χ2v) is 7.04. The van der Waals surface area contributed by atoms with Gasteiger partial charge in [-0.05, 0) is 25.5 Å². The van der Waals surface area contributed by atoms with Crippen LogP contribution >= 0.6 is 0 Å². The molecule has 142 valence electrons. The van der Waals surface area contributed by atoms with Crippen molar-refractivity contribution in [1.82, 2.24) is 19.2 Å². The largest absolute Gasteiger partial charge is 0.351 e. The van der Waals surface area contributed by atoms with Crippen molar-refractivity contribution in [2.75, 3.05) is 0 Å². The highest BCUT2D eigenvalue weighted by atomic mass is 16.2. The fourth-order valence-corrected chi connectivity index (χ4v) is 3.35. The minimum absolute atomic E-state index is 0.0392. The number of carbonyl (C=O) groups excluding carboxylic acids is 1. The third kappa shape index (κ3) is 3.22. The summed E-state index contributed by atoms with van der Waals surface area (Å²) in [6.07, 6.45) is 2.73. The van der Waals surface area contributed by atoms with Crippen molar-refractivity contribution in [3.05, 3.63) is 76.0 Å². The van der Waals surface area contributed by atoms with Gasteiger partial charge in [-0.25, -0.2) is 9.78 Å². The van der Waals surface area contributed by atoms with E-state index in [0.29, 0.717) is 22.6 Å². The Hall–Kier alpha value is -3.28. The molecule has 0 aliphatic rings. The topological polar surface area (TPSA) is 69.3 Å². The van der Waals surface area contributed by atoms with Gasteiger partial charge >= 0.3 is 5.69 Å². The van der Waals surface area contributed by atoms with Gasteiger partial charge < -0.3 is 0 Å². The average Bonchev–Trinajstić information content (AvgIpc) is 3.14. The Morgan fingerprint density at radius 1 is 1.07 bits per heavy atom. The summed E-state index contributed by atoms with van der Waals surface area (Å²) in [7, 11) is 0. The molecule has 2 heterocycles. The summed E-state index contributed by atoms with van der Waals surface area (Å²) in [6, 6.07) is 14.9. The maximum atomic E-state index is 13.1. The van der Waals surface area contributed by atoms with Crippen LogP contribution in [0, 0.1) is 6.92 Å². The van der Waals surface area contributed by atoms with Gasteiger partial charge in [0.25, 0.3) is 0 Å². The van der Waals surface area contributed by atoms with E-state index in [4.69, 9.17) is 0 Å². The Labute approximate surface area is 162 Å². The van der Waals surface area contributed by atoms with Gasteiger partial charge in [-0.1, -0.05) is 55.3 Å². The number of rotatable bonds is 6. The summed E-state index contributed by atoms with van der Waals surface area (Å²) < 4.78 is 2.82. The van der Waals surface area contributed by atoms with Crippen LogP contribution in [0.3, 0.4) is 0 Å². The number of unbranched alkanes of at least 4 members (excludes halogenated alkanes) is 1. The van der Waals surface area contributed by atoms with E-state index in [1.54, 1.807) is 12.1 Å². The zero-order valence-corrected chi connectivity index (χ0v) is 16.1. The average molecular weight is 374 g/mol. The normalized spacial score (nSPS) is 11.4. The molecule has 0 saturated heterocycles. The van der Waals surface area contributed by atoms with Gasteiger partial charge in [0.1, 0.15) is 0 Å². The maximum absolute atomic E-state index is 13.1. The zero-order valence-electron chi connectivity index (χ0n) is 16.1. The molecular formula is C22H22N4O2. The Balaban J connectivity index is 1.84. The first-order valence-electron chi connectivity index (χ1n) is 9.55. The minimum atomic E-state index is -0.343. The Morgan fingerprint density at radius 2 is 1.82 bits per heavy atom. The van der Waals surface area contributed by atoms with E-state index in [-0.39, 0.29) is 18.0 Å². The molecule has 6 nitrogen and oxygen atoms in total. The summed E-state index contributed by atoms with van der Waals surface area (Å²) in [5, 5.41) is 5.23. The SMILES string of the molecule is CCCCc1nc2c3ccccc3n(CC(=O)c3ccc(C)cc3)c(=O)n2n1. The van der Waals surface area contributed by atoms with Crippen molar-refractivity contribution in [2.45, 2.75) is 39.7 Å². The van der Waals surface area contributed by atoms with E-state index in [1.807, 2.05) is 43.3 Å². The van der Waals surface area contributed by atoms with E-state index in [2.05, 4.69) is 17.0 Å². The number of fused-ring (bicyclic) bond motifs is 3. The van der Waals surface area contributed by atoms with Crippen LogP contribution in [0.2, 0.25) is 0 Å². The van der Waals surface area contributed by atoms with E-state index in [1.165, 1.54) is 9.08 Å². The van der Waals surface area contributed by atoms with Crippen molar-refractivity contribution in [3.8, 4) is 0 Å². The molecule has 2 aromatic carbocycles. The fraction of sp³-hybridized carbons (Fsp3) is 0.273. The summed E-state index contributed by atoms with van der Waals surface area (Å²) in [5.41, 5.74) is 2.57. The number of carbonyl (C=O) groups is 1. The smallest absolute Gasteiger partial charge is 0.292 e. The van der Waals surface area contributed by atoms with Crippen LogP contribution in [0.25, 0.3) is 16.6 Å². The van der Waals surface area contributed by atoms with Gasteiger partial charge in [-0.3, -0.25) is 9.36 Å². The number of hydrogen-bond donors (Lipinski definition) is 0. The molecule has 4 aromatic rings. The lowest BCUT2D eigenvalue weighted by atomic mass is 10.1. The van der Waals surface area contributed by atoms with Crippen LogP contribution in [0.1, 0.15) is 41.5 Å². The van der Waals surface area contributed by atoms with E-state index < -0.39 is 0 Å². The van der Waals surface area contributed by atoms with E-state index in [0.717, 1.165) is 30.2 Å². The predicted octanol–water partition coefficient (Wildman–Crippen LogP) is 3.58. The standard InChI is InChI=1S/C22H22N4O2/c1-3-4-9-20-23-21-17-7-5-6-8-18(17)25(22(28)26(21)24-20)14-19(27)16-12-10-15(2)11-13-16/h5-8,10-13H,3-4,9,14H2,1-2H3. The first kappa shape index (κ1) is 18.1. The minimum Gasteiger partial charge on any atom is -0.292 e. The van der Waals surface area contributed by atoms with Crippen LogP contribution < -0.4 is 5.69 Å². The van der Waals surface area contributed by atoms with Gasteiger partial charge in [0.15, 0.2) is 17.3 Å². The third-order valence-electron chi connectivity index (χ3n) is 4.93. The quantitative estimate of drug-likeness (QED) is 0.484. The van der Waals surface area contributed by atoms with Crippen LogP contribution in [-0.4, -0.2) is 24.9 Å². The maximum Gasteiger partial charge on any atom is 0.351 e. The molecule has 2 aromatic heterocycles. The number of aromatic nitrogens is 4. The lowest BCUT2D eigenvalue weighted by Gasteiger charge is -2.10. The zero-order chi connectivity index (χ0) is 19.7. The van der Waals surface area contributed by atoms with Gasteiger partial charge in [-0.2, -0.15) is 4.52 Å². The molecule has 0 atom stereocenters. The molecule has 6 heteroatoms. The lowest BCUT2D eigenvalue weighted by Crippen LogP contribution is -2.30. The second-order valence-electron chi connectivity index (χ2n) is 7.04. The molecule has 0 spiro atoms. The summed E-state index contributed by atoms with van der Waals surface area (Å²) in [4.78, 5) is 30.5. The third-order valence-corrected chi connectivity index (χ3v) is 4.93. The van der Waals surface area contributed by atoms with Crippen LogP contribution in [-0.2, 0) is 13.0 Å². The highest BCUT2D eigenvalue weighted by molar-refractivity contribution is 5.97. The molecule has 0 aliphatic heterocycles. The number of nitrogens with zero attached hydrogens (tertiary/aromatic N) is 4. The number of ketones is 1.